The van der Waals surface area contributed by atoms with E-state index in [1.165, 1.54) is 27.7 Å². The number of thiophene rings is 1. The minimum atomic E-state index is -1.06. The van der Waals surface area contributed by atoms with E-state index >= 15 is 0 Å². The summed E-state index contributed by atoms with van der Waals surface area (Å²) < 4.78 is 1.22. The minimum absolute atomic E-state index is 0.307. The standard InChI is InChI=1S/C16H14N2O3S2/c1-9-3-5-10(6-4-9)11-8-23-14-13(11)15(21)18(7-12(19)20)16(17-14)22-2/h3-6,8H,7H2,1-2H3,(H,19,20). The molecule has 0 aliphatic heterocycles. The van der Waals surface area contributed by atoms with Crippen LogP contribution in [0.15, 0.2) is 39.6 Å². The van der Waals surface area contributed by atoms with Gasteiger partial charge >= 0.3 is 5.97 Å². The van der Waals surface area contributed by atoms with Crippen LogP contribution in [0.4, 0.5) is 0 Å². The lowest BCUT2D eigenvalue weighted by Crippen LogP contribution is -2.26. The van der Waals surface area contributed by atoms with Crippen molar-refractivity contribution in [3.8, 4) is 11.1 Å². The van der Waals surface area contributed by atoms with E-state index in [0.29, 0.717) is 15.4 Å². The van der Waals surface area contributed by atoms with Crippen LogP contribution in [-0.2, 0) is 11.3 Å². The van der Waals surface area contributed by atoms with Crippen LogP contribution in [0, 0.1) is 6.92 Å². The smallest absolute Gasteiger partial charge is 0.323 e. The van der Waals surface area contributed by atoms with Gasteiger partial charge in [-0.2, -0.15) is 0 Å². The highest BCUT2D eigenvalue weighted by molar-refractivity contribution is 7.98. The SMILES string of the molecule is CSc1nc2scc(-c3ccc(C)cc3)c2c(=O)n1CC(=O)O. The molecule has 3 rings (SSSR count). The number of carboxylic acids is 1. The second-order valence-corrected chi connectivity index (χ2v) is 6.71. The fraction of sp³-hybridized carbons (Fsp3) is 0.188. The Bertz CT molecular complexity index is 942. The molecule has 1 N–H and O–H groups in total. The molecule has 23 heavy (non-hydrogen) atoms. The molecular weight excluding hydrogens is 332 g/mol. The second kappa shape index (κ2) is 6.17. The molecular formula is C16H14N2O3S2. The molecule has 0 aliphatic rings. The largest absolute Gasteiger partial charge is 0.480 e. The number of aryl methyl sites for hydroxylation is 1. The third kappa shape index (κ3) is 2.89. The molecule has 0 fully saturated rings. The molecule has 0 bridgehead atoms. The van der Waals surface area contributed by atoms with E-state index in [4.69, 9.17) is 5.11 Å². The van der Waals surface area contributed by atoms with Crippen molar-refractivity contribution in [3.63, 3.8) is 0 Å². The summed E-state index contributed by atoms with van der Waals surface area (Å²) in [5.74, 6) is -1.06. The first-order valence-electron chi connectivity index (χ1n) is 6.86. The van der Waals surface area contributed by atoms with Crippen molar-refractivity contribution in [1.29, 1.82) is 0 Å². The van der Waals surface area contributed by atoms with Crippen LogP contribution in [0.2, 0.25) is 0 Å². The van der Waals surface area contributed by atoms with Gasteiger partial charge in [0.15, 0.2) is 5.16 Å². The first kappa shape index (κ1) is 15.8. The average Bonchev–Trinajstić information content (AvgIpc) is 2.94. The highest BCUT2D eigenvalue weighted by atomic mass is 32.2. The minimum Gasteiger partial charge on any atom is -0.480 e. The van der Waals surface area contributed by atoms with Gasteiger partial charge in [0.05, 0.1) is 5.39 Å². The van der Waals surface area contributed by atoms with Crippen LogP contribution < -0.4 is 5.56 Å². The summed E-state index contributed by atoms with van der Waals surface area (Å²) in [7, 11) is 0. The summed E-state index contributed by atoms with van der Waals surface area (Å²) in [6.45, 7) is 1.61. The number of fused-ring (bicyclic) bond motifs is 1. The zero-order valence-electron chi connectivity index (χ0n) is 12.6. The summed E-state index contributed by atoms with van der Waals surface area (Å²) in [5.41, 5.74) is 2.56. The molecule has 118 valence electrons. The number of aliphatic carboxylic acids is 1. The van der Waals surface area contributed by atoms with E-state index in [-0.39, 0.29) is 12.1 Å². The van der Waals surface area contributed by atoms with E-state index in [2.05, 4.69) is 4.98 Å². The lowest BCUT2D eigenvalue weighted by molar-refractivity contribution is -0.137. The van der Waals surface area contributed by atoms with Crippen molar-refractivity contribution in [2.24, 2.45) is 0 Å². The summed E-state index contributed by atoms with van der Waals surface area (Å²) in [6.07, 6.45) is 1.78. The zero-order valence-corrected chi connectivity index (χ0v) is 14.2. The number of nitrogens with zero attached hydrogens (tertiary/aromatic N) is 2. The van der Waals surface area contributed by atoms with Gasteiger partial charge in [-0.25, -0.2) is 4.98 Å². The number of carboxylic acid groups (broad SMARTS) is 1. The molecule has 7 heteroatoms. The van der Waals surface area contributed by atoms with Crippen LogP contribution in [0.5, 0.6) is 0 Å². The maximum atomic E-state index is 12.8. The first-order chi connectivity index (χ1) is 11.0. The fourth-order valence-electron chi connectivity index (χ4n) is 2.38. The van der Waals surface area contributed by atoms with Crippen LogP contribution in [-0.4, -0.2) is 26.9 Å². The summed E-state index contributed by atoms with van der Waals surface area (Å²) in [6, 6.07) is 7.89. The quantitative estimate of drug-likeness (QED) is 0.580. The van der Waals surface area contributed by atoms with Gasteiger partial charge in [-0.1, -0.05) is 41.6 Å². The maximum absolute atomic E-state index is 12.8. The van der Waals surface area contributed by atoms with Crippen LogP contribution in [0.3, 0.4) is 0 Å². The predicted octanol–water partition coefficient (Wildman–Crippen LogP) is 3.24. The van der Waals surface area contributed by atoms with Crippen molar-refractivity contribution in [1.82, 2.24) is 9.55 Å². The summed E-state index contributed by atoms with van der Waals surface area (Å²) in [5, 5.41) is 11.9. The third-order valence-electron chi connectivity index (χ3n) is 3.50. The van der Waals surface area contributed by atoms with Crippen molar-refractivity contribution < 1.29 is 9.90 Å². The average molecular weight is 346 g/mol. The first-order valence-corrected chi connectivity index (χ1v) is 8.96. The molecule has 1 aromatic carbocycles. The molecule has 5 nitrogen and oxygen atoms in total. The highest BCUT2D eigenvalue weighted by Gasteiger charge is 2.18. The Hall–Kier alpha value is -2.12. The maximum Gasteiger partial charge on any atom is 0.323 e. The Labute approximate surface area is 140 Å². The van der Waals surface area contributed by atoms with Crippen LogP contribution in [0.25, 0.3) is 21.3 Å². The van der Waals surface area contributed by atoms with Crippen molar-refractivity contribution in [2.75, 3.05) is 6.26 Å². The van der Waals surface area contributed by atoms with E-state index < -0.39 is 5.97 Å². The van der Waals surface area contributed by atoms with Gasteiger partial charge in [-0.15, -0.1) is 11.3 Å². The number of hydrogen-bond acceptors (Lipinski definition) is 5. The van der Waals surface area contributed by atoms with Gasteiger partial charge in [0.1, 0.15) is 11.4 Å². The summed E-state index contributed by atoms with van der Waals surface area (Å²) >= 11 is 2.67. The van der Waals surface area contributed by atoms with Crippen LogP contribution >= 0.6 is 23.1 Å². The molecule has 0 spiro atoms. The number of aromatic nitrogens is 2. The Balaban J connectivity index is 2.28. The molecule has 0 saturated carbocycles. The predicted molar refractivity (Wildman–Crippen MR) is 93.5 cm³/mol. The molecule has 2 heterocycles. The molecule has 0 unspecified atom stereocenters. The molecule has 0 amide bonds. The second-order valence-electron chi connectivity index (χ2n) is 5.08. The van der Waals surface area contributed by atoms with E-state index in [9.17, 15) is 9.59 Å². The molecule has 3 aromatic rings. The Morgan fingerprint density at radius 1 is 1.35 bits per heavy atom. The van der Waals surface area contributed by atoms with E-state index in [0.717, 1.165) is 16.7 Å². The Kier molecular flexibility index (Phi) is 4.23. The van der Waals surface area contributed by atoms with Gasteiger partial charge in [-0.05, 0) is 18.7 Å². The Morgan fingerprint density at radius 2 is 2.04 bits per heavy atom. The van der Waals surface area contributed by atoms with Gasteiger partial charge in [0.25, 0.3) is 5.56 Å². The Morgan fingerprint density at radius 3 is 2.65 bits per heavy atom. The van der Waals surface area contributed by atoms with Gasteiger partial charge in [-0.3, -0.25) is 14.2 Å². The van der Waals surface area contributed by atoms with Crippen molar-refractivity contribution in [2.45, 2.75) is 18.6 Å². The molecule has 0 atom stereocenters. The number of thioether (sulfide) groups is 1. The van der Waals surface area contributed by atoms with E-state index in [1.807, 2.05) is 36.6 Å². The van der Waals surface area contributed by atoms with Gasteiger partial charge in [0.2, 0.25) is 0 Å². The molecule has 0 radical (unpaired) electrons. The number of benzene rings is 1. The number of carbonyl (C=O) groups is 1. The number of hydrogen-bond donors (Lipinski definition) is 1. The molecule has 0 saturated heterocycles. The third-order valence-corrected chi connectivity index (χ3v) is 5.05. The normalized spacial score (nSPS) is 11.0. The van der Waals surface area contributed by atoms with Crippen LogP contribution in [0.1, 0.15) is 5.56 Å². The molecule has 2 aromatic heterocycles. The summed E-state index contributed by atoms with van der Waals surface area (Å²) in [4.78, 5) is 29.0. The van der Waals surface area contributed by atoms with Gasteiger partial charge in [0, 0.05) is 10.9 Å². The fourth-order valence-corrected chi connectivity index (χ4v) is 3.93. The number of rotatable bonds is 4. The lowest BCUT2D eigenvalue weighted by atomic mass is 10.1. The monoisotopic (exact) mass is 346 g/mol. The van der Waals surface area contributed by atoms with E-state index in [1.54, 1.807) is 6.26 Å². The van der Waals surface area contributed by atoms with Crippen molar-refractivity contribution >= 4 is 39.3 Å². The molecule has 0 aliphatic carbocycles. The topological polar surface area (TPSA) is 72.2 Å². The van der Waals surface area contributed by atoms with Gasteiger partial charge < -0.3 is 5.11 Å². The van der Waals surface area contributed by atoms with Crippen molar-refractivity contribution in [3.05, 3.63) is 45.6 Å². The zero-order chi connectivity index (χ0) is 16.6. The lowest BCUT2D eigenvalue weighted by Gasteiger charge is -2.08. The highest BCUT2D eigenvalue weighted by Crippen LogP contribution is 2.32.